The summed E-state index contributed by atoms with van der Waals surface area (Å²) in [4.78, 5) is 10.9. The predicted molar refractivity (Wildman–Crippen MR) is 68.8 cm³/mol. The number of aryl methyl sites for hydroxylation is 1. The summed E-state index contributed by atoms with van der Waals surface area (Å²) in [6, 6.07) is 8.55. The molecule has 17 heavy (non-hydrogen) atoms. The van der Waals surface area contributed by atoms with E-state index < -0.39 is 0 Å². The molecule has 1 rings (SSSR count). The molecule has 0 aliphatic rings. The number of esters is 1. The Balaban J connectivity index is 2.15. The summed E-state index contributed by atoms with van der Waals surface area (Å²) in [6.07, 6.45) is 1.51. The zero-order chi connectivity index (χ0) is 12.5. The molecule has 0 aromatic heterocycles. The molecule has 3 heteroatoms. The predicted octanol–water partition coefficient (Wildman–Crippen LogP) is 2.29. The zero-order valence-corrected chi connectivity index (χ0v) is 10.7. The highest BCUT2D eigenvalue weighted by Gasteiger charge is 1.97. The van der Waals surface area contributed by atoms with Gasteiger partial charge in [0.15, 0.2) is 0 Å². The molecule has 0 radical (unpaired) electrons. The molecule has 0 heterocycles. The minimum atomic E-state index is -0.140. The summed E-state index contributed by atoms with van der Waals surface area (Å²) >= 11 is 0. The van der Waals surface area contributed by atoms with Gasteiger partial charge in [0.05, 0.1) is 0 Å². The van der Waals surface area contributed by atoms with Crippen LogP contribution in [0.1, 0.15) is 31.4 Å². The Morgan fingerprint density at radius 2 is 1.82 bits per heavy atom. The van der Waals surface area contributed by atoms with Crippen molar-refractivity contribution in [3.8, 4) is 0 Å². The Bertz CT molecular complexity index is 333. The number of rotatable bonds is 7. The fraction of sp³-hybridized carbons (Fsp3) is 0.500. The standard InChI is InChI=1S/C14H21NO2/c1-3-12-5-7-13(8-6-12)11-15-9-10-17-14(16)4-2/h5-8,15H,3-4,9-11H2,1-2H3. The van der Waals surface area contributed by atoms with E-state index in [1.54, 1.807) is 6.92 Å². The third kappa shape index (κ3) is 5.50. The van der Waals surface area contributed by atoms with Gasteiger partial charge in [0, 0.05) is 19.5 Å². The molecule has 1 aromatic rings. The lowest BCUT2D eigenvalue weighted by molar-refractivity contribution is -0.143. The van der Waals surface area contributed by atoms with Crippen LogP contribution in [0.2, 0.25) is 0 Å². The molecule has 0 spiro atoms. The molecule has 1 N–H and O–H groups in total. The Kier molecular flexibility index (Phi) is 6.33. The Morgan fingerprint density at radius 1 is 1.18 bits per heavy atom. The van der Waals surface area contributed by atoms with Gasteiger partial charge in [-0.3, -0.25) is 4.79 Å². The summed E-state index contributed by atoms with van der Waals surface area (Å²) in [6.45, 7) is 5.90. The van der Waals surface area contributed by atoms with Gasteiger partial charge in [0.1, 0.15) is 6.61 Å². The van der Waals surface area contributed by atoms with Crippen molar-refractivity contribution >= 4 is 5.97 Å². The minimum absolute atomic E-state index is 0.140. The van der Waals surface area contributed by atoms with Crippen LogP contribution < -0.4 is 5.32 Å². The highest BCUT2D eigenvalue weighted by atomic mass is 16.5. The number of carbonyl (C=O) groups is 1. The number of hydrogen-bond donors (Lipinski definition) is 1. The second-order valence-corrected chi connectivity index (χ2v) is 3.92. The number of carbonyl (C=O) groups excluding carboxylic acids is 1. The van der Waals surface area contributed by atoms with Crippen LogP contribution in [-0.2, 0) is 22.5 Å². The van der Waals surface area contributed by atoms with Gasteiger partial charge in [-0.05, 0) is 17.5 Å². The van der Waals surface area contributed by atoms with Crippen molar-refractivity contribution in [2.45, 2.75) is 33.2 Å². The molecule has 0 amide bonds. The summed E-state index contributed by atoms with van der Waals surface area (Å²) in [5.74, 6) is -0.140. The minimum Gasteiger partial charge on any atom is -0.464 e. The van der Waals surface area contributed by atoms with Crippen LogP contribution in [0.4, 0.5) is 0 Å². The topological polar surface area (TPSA) is 38.3 Å². The van der Waals surface area contributed by atoms with E-state index in [1.165, 1.54) is 11.1 Å². The first-order chi connectivity index (χ1) is 8.26. The quantitative estimate of drug-likeness (QED) is 0.582. The smallest absolute Gasteiger partial charge is 0.305 e. The van der Waals surface area contributed by atoms with Gasteiger partial charge in [-0.2, -0.15) is 0 Å². The molecule has 0 aliphatic heterocycles. The van der Waals surface area contributed by atoms with E-state index in [-0.39, 0.29) is 5.97 Å². The number of benzene rings is 1. The van der Waals surface area contributed by atoms with Crippen LogP contribution in [0, 0.1) is 0 Å². The summed E-state index contributed by atoms with van der Waals surface area (Å²) < 4.78 is 4.96. The van der Waals surface area contributed by atoms with E-state index >= 15 is 0 Å². The third-order valence-electron chi connectivity index (χ3n) is 2.59. The summed E-state index contributed by atoms with van der Waals surface area (Å²) in [7, 11) is 0. The Morgan fingerprint density at radius 3 is 2.41 bits per heavy atom. The van der Waals surface area contributed by atoms with E-state index in [9.17, 15) is 4.79 Å². The first kappa shape index (κ1) is 13.7. The molecule has 1 aromatic carbocycles. The number of nitrogens with one attached hydrogen (secondary N) is 1. The molecule has 0 bridgehead atoms. The average molecular weight is 235 g/mol. The van der Waals surface area contributed by atoms with Crippen LogP contribution in [0.15, 0.2) is 24.3 Å². The van der Waals surface area contributed by atoms with Crippen LogP contribution in [0.3, 0.4) is 0 Å². The van der Waals surface area contributed by atoms with Gasteiger partial charge >= 0.3 is 5.97 Å². The van der Waals surface area contributed by atoms with Crippen molar-refractivity contribution in [1.29, 1.82) is 0 Å². The fourth-order valence-corrected chi connectivity index (χ4v) is 1.46. The fourth-order valence-electron chi connectivity index (χ4n) is 1.46. The van der Waals surface area contributed by atoms with Gasteiger partial charge < -0.3 is 10.1 Å². The average Bonchev–Trinajstić information content (AvgIpc) is 2.38. The monoisotopic (exact) mass is 235 g/mol. The molecular weight excluding hydrogens is 214 g/mol. The maximum atomic E-state index is 10.9. The Hall–Kier alpha value is -1.35. The van der Waals surface area contributed by atoms with Crippen molar-refractivity contribution in [2.24, 2.45) is 0 Å². The van der Waals surface area contributed by atoms with Crippen molar-refractivity contribution in [2.75, 3.05) is 13.2 Å². The summed E-state index contributed by atoms with van der Waals surface area (Å²) in [5, 5.41) is 3.24. The van der Waals surface area contributed by atoms with Gasteiger partial charge in [-0.1, -0.05) is 38.1 Å². The lowest BCUT2D eigenvalue weighted by Crippen LogP contribution is -2.20. The lowest BCUT2D eigenvalue weighted by Gasteiger charge is -2.06. The van der Waals surface area contributed by atoms with E-state index in [0.717, 1.165) is 13.0 Å². The molecule has 94 valence electrons. The van der Waals surface area contributed by atoms with Crippen LogP contribution in [0.5, 0.6) is 0 Å². The molecule has 0 saturated carbocycles. The lowest BCUT2D eigenvalue weighted by atomic mass is 10.1. The first-order valence-electron chi connectivity index (χ1n) is 6.20. The van der Waals surface area contributed by atoms with Gasteiger partial charge in [0.2, 0.25) is 0 Å². The molecule has 0 unspecified atom stereocenters. The van der Waals surface area contributed by atoms with E-state index in [2.05, 4.69) is 36.5 Å². The van der Waals surface area contributed by atoms with Gasteiger partial charge in [-0.15, -0.1) is 0 Å². The normalized spacial score (nSPS) is 10.2. The van der Waals surface area contributed by atoms with E-state index in [4.69, 9.17) is 4.74 Å². The van der Waals surface area contributed by atoms with Crippen LogP contribution in [0.25, 0.3) is 0 Å². The highest BCUT2D eigenvalue weighted by molar-refractivity contribution is 5.68. The van der Waals surface area contributed by atoms with Crippen molar-refractivity contribution in [3.05, 3.63) is 35.4 Å². The maximum Gasteiger partial charge on any atom is 0.305 e. The first-order valence-corrected chi connectivity index (χ1v) is 6.20. The molecular formula is C14H21NO2. The maximum absolute atomic E-state index is 10.9. The summed E-state index contributed by atoms with van der Waals surface area (Å²) in [5.41, 5.74) is 2.61. The van der Waals surface area contributed by atoms with Crippen LogP contribution in [-0.4, -0.2) is 19.1 Å². The van der Waals surface area contributed by atoms with Crippen molar-refractivity contribution < 1.29 is 9.53 Å². The zero-order valence-electron chi connectivity index (χ0n) is 10.7. The van der Waals surface area contributed by atoms with Crippen molar-refractivity contribution in [3.63, 3.8) is 0 Å². The van der Waals surface area contributed by atoms with E-state index in [1.807, 2.05) is 0 Å². The highest BCUT2D eigenvalue weighted by Crippen LogP contribution is 2.04. The number of ether oxygens (including phenoxy) is 1. The molecule has 0 saturated heterocycles. The van der Waals surface area contributed by atoms with Gasteiger partial charge in [-0.25, -0.2) is 0 Å². The largest absolute Gasteiger partial charge is 0.464 e. The molecule has 3 nitrogen and oxygen atoms in total. The molecule has 0 atom stereocenters. The molecule has 0 aliphatic carbocycles. The van der Waals surface area contributed by atoms with Gasteiger partial charge in [0.25, 0.3) is 0 Å². The number of hydrogen-bond acceptors (Lipinski definition) is 3. The van der Waals surface area contributed by atoms with E-state index in [0.29, 0.717) is 19.6 Å². The second kappa shape index (κ2) is 7.85. The van der Waals surface area contributed by atoms with Crippen molar-refractivity contribution in [1.82, 2.24) is 5.32 Å². The van der Waals surface area contributed by atoms with Crippen LogP contribution >= 0.6 is 0 Å². The SMILES string of the molecule is CCC(=O)OCCNCc1ccc(CC)cc1. The molecule has 0 fully saturated rings. The third-order valence-corrected chi connectivity index (χ3v) is 2.59. The second-order valence-electron chi connectivity index (χ2n) is 3.92. The Labute approximate surface area is 103 Å².